The number of aromatic nitrogens is 3. The van der Waals surface area contributed by atoms with Crippen LogP contribution in [0.5, 0.6) is 0 Å². The van der Waals surface area contributed by atoms with Crippen LogP contribution in [0.15, 0.2) is 185 Å². The molecule has 0 fully saturated rings. The number of hydrogen-bond acceptors (Lipinski definition) is 5. The summed E-state index contributed by atoms with van der Waals surface area (Å²) in [5, 5.41) is 6.27. The number of rotatable bonds is 5. The third kappa shape index (κ3) is 4.90. The van der Waals surface area contributed by atoms with Gasteiger partial charge in [0.25, 0.3) is 0 Å². The Bertz CT molecular complexity index is 3080. The predicted molar refractivity (Wildman–Crippen MR) is 219 cm³/mol. The van der Waals surface area contributed by atoms with E-state index >= 15 is 0 Å². The van der Waals surface area contributed by atoms with Gasteiger partial charge in [0.2, 0.25) is 0 Å². The lowest BCUT2D eigenvalue weighted by atomic mass is 9.99. The summed E-state index contributed by atoms with van der Waals surface area (Å²) in [6.07, 6.45) is 0. The minimum absolute atomic E-state index is 0.570. The Morgan fingerprint density at radius 1 is 0.278 bits per heavy atom. The van der Waals surface area contributed by atoms with E-state index in [1.807, 2.05) is 30.3 Å². The van der Waals surface area contributed by atoms with Crippen LogP contribution in [-0.2, 0) is 0 Å². The lowest BCUT2D eigenvalue weighted by Gasteiger charge is -2.10. The van der Waals surface area contributed by atoms with Gasteiger partial charge in [0.05, 0.1) is 5.39 Å². The average molecular weight is 692 g/mol. The fraction of sp³-hybridized carbons (Fsp3) is 0. The van der Waals surface area contributed by atoms with E-state index in [9.17, 15) is 0 Å². The summed E-state index contributed by atoms with van der Waals surface area (Å²) >= 11 is 0. The second kappa shape index (κ2) is 12.1. The first kappa shape index (κ1) is 30.3. The highest BCUT2D eigenvalue weighted by Crippen LogP contribution is 2.45. The zero-order valence-electron chi connectivity index (χ0n) is 28.9. The molecule has 11 rings (SSSR count). The van der Waals surface area contributed by atoms with E-state index in [0.29, 0.717) is 17.5 Å². The summed E-state index contributed by atoms with van der Waals surface area (Å²) in [5.41, 5.74) is 10.5. The Labute approximate surface area is 309 Å². The molecule has 0 saturated carbocycles. The van der Waals surface area contributed by atoms with Gasteiger partial charge in [0, 0.05) is 38.2 Å². The molecule has 3 heterocycles. The molecule has 252 valence electrons. The molecule has 0 unspecified atom stereocenters. The standard InChI is InChI=1S/C49H29N3O2/c1-3-11-30(12-4-1)32-19-23-34(24-20-32)47-50-48(35-25-21-33(22-26-35)31-13-5-2-6-14-31)52-49(51-47)36-27-28-40-42(29-36)54-46-43(40)37-15-7-8-16-38(37)45-44(46)39-17-9-10-18-41(39)53-45/h1-29H. The molecule has 0 spiro atoms. The van der Waals surface area contributed by atoms with Crippen molar-refractivity contribution in [2.24, 2.45) is 0 Å². The highest BCUT2D eigenvalue weighted by molar-refractivity contribution is 6.33. The summed E-state index contributed by atoms with van der Waals surface area (Å²) in [5.74, 6) is 1.77. The Morgan fingerprint density at radius 2 is 0.704 bits per heavy atom. The molecule has 54 heavy (non-hydrogen) atoms. The van der Waals surface area contributed by atoms with Crippen molar-refractivity contribution in [2.75, 3.05) is 0 Å². The lowest BCUT2D eigenvalue weighted by Crippen LogP contribution is -2.00. The zero-order valence-corrected chi connectivity index (χ0v) is 28.9. The van der Waals surface area contributed by atoms with Crippen LogP contribution in [0, 0.1) is 0 Å². The topological polar surface area (TPSA) is 65.0 Å². The lowest BCUT2D eigenvalue weighted by molar-refractivity contribution is 0.665. The Balaban J connectivity index is 1.09. The molecule has 0 atom stereocenters. The third-order valence-electron chi connectivity index (χ3n) is 10.3. The van der Waals surface area contributed by atoms with Gasteiger partial charge in [-0.2, -0.15) is 0 Å². The third-order valence-corrected chi connectivity index (χ3v) is 10.3. The van der Waals surface area contributed by atoms with Crippen molar-refractivity contribution < 1.29 is 8.83 Å². The van der Waals surface area contributed by atoms with Gasteiger partial charge in [-0.25, -0.2) is 15.0 Å². The number of para-hydroxylation sites is 1. The molecule has 0 aliphatic heterocycles. The SMILES string of the molecule is c1ccc(-c2ccc(-c3nc(-c4ccc(-c5ccccc5)cc4)nc(-c4ccc5c(c4)oc4c5c5ccccc5c5oc6ccccc6c54)n3)cc2)cc1. The average Bonchev–Trinajstić information content (AvgIpc) is 3.83. The first-order chi connectivity index (χ1) is 26.7. The quantitative estimate of drug-likeness (QED) is 0.180. The van der Waals surface area contributed by atoms with Crippen LogP contribution in [-0.4, -0.2) is 15.0 Å². The Kier molecular flexibility index (Phi) is 6.79. The van der Waals surface area contributed by atoms with Gasteiger partial charge >= 0.3 is 0 Å². The second-order valence-electron chi connectivity index (χ2n) is 13.6. The molecule has 5 heteroatoms. The fourth-order valence-electron chi connectivity index (χ4n) is 7.69. The predicted octanol–water partition coefficient (Wildman–Crippen LogP) is 13.2. The van der Waals surface area contributed by atoms with Crippen molar-refractivity contribution >= 4 is 54.6 Å². The maximum atomic E-state index is 6.81. The summed E-state index contributed by atoms with van der Waals surface area (Å²) in [4.78, 5) is 15.2. The van der Waals surface area contributed by atoms with Crippen LogP contribution in [0.1, 0.15) is 0 Å². The Morgan fingerprint density at radius 3 is 1.31 bits per heavy atom. The molecule has 8 aromatic carbocycles. The number of hydrogen-bond donors (Lipinski definition) is 0. The van der Waals surface area contributed by atoms with Crippen molar-refractivity contribution in [1.29, 1.82) is 0 Å². The number of benzene rings is 8. The normalized spacial score (nSPS) is 11.7. The molecular weight excluding hydrogens is 663 g/mol. The Hall–Kier alpha value is -7.37. The smallest absolute Gasteiger partial charge is 0.164 e. The highest BCUT2D eigenvalue weighted by Gasteiger charge is 2.22. The van der Waals surface area contributed by atoms with Gasteiger partial charge in [-0.15, -0.1) is 0 Å². The minimum Gasteiger partial charge on any atom is -0.455 e. The van der Waals surface area contributed by atoms with Crippen LogP contribution in [0.25, 0.3) is 111 Å². The van der Waals surface area contributed by atoms with Crippen LogP contribution in [0.2, 0.25) is 0 Å². The van der Waals surface area contributed by atoms with Crippen LogP contribution in [0.3, 0.4) is 0 Å². The summed E-state index contributed by atoms with van der Waals surface area (Å²) < 4.78 is 13.3. The van der Waals surface area contributed by atoms with Crippen LogP contribution < -0.4 is 0 Å². The van der Waals surface area contributed by atoms with Gasteiger partial charge in [0.1, 0.15) is 22.3 Å². The number of nitrogens with zero attached hydrogens (tertiary/aromatic N) is 3. The fourth-order valence-corrected chi connectivity index (χ4v) is 7.69. The first-order valence-electron chi connectivity index (χ1n) is 18.0. The van der Waals surface area contributed by atoms with Crippen molar-refractivity contribution in [3.05, 3.63) is 176 Å². The van der Waals surface area contributed by atoms with E-state index in [0.717, 1.165) is 93.6 Å². The first-order valence-corrected chi connectivity index (χ1v) is 18.0. The zero-order chi connectivity index (χ0) is 35.6. The molecule has 0 aliphatic rings. The van der Waals surface area contributed by atoms with E-state index in [1.54, 1.807) is 0 Å². The van der Waals surface area contributed by atoms with Crippen molar-refractivity contribution in [3.8, 4) is 56.4 Å². The molecule has 0 N–H and O–H groups in total. The molecule has 0 aliphatic carbocycles. The van der Waals surface area contributed by atoms with Crippen molar-refractivity contribution in [3.63, 3.8) is 0 Å². The maximum Gasteiger partial charge on any atom is 0.164 e. The molecular formula is C49H29N3O2. The van der Waals surface area contributed by atoms with E-state index in [2.05, 4.69) is 146 Å². The maximum absolute atomic E-state index is 6.81. The monoisotopic (exact) mass is 691 g/mol. The molecule has 0 saturated heterocycles. The van der Waals surface area contributed by atoms with Gasteiger partial charge < -0.3 is 8.83 Å². The molecule has 11 aromatic rings. The van der Waals surface area contributed by atoms with Crippen LogP contribution in [0.4, 0.5) is 0 Å². The molecule has 5 nitrogen and oxygen atoms in total. The molecule has 0 amide bonds. The van der Waals surface area contributed by atoms with E-state index in [1.165, 1.54) is 0 Å². The summed E-state index contributed by atoms with van der Waals surface area (Å²) in [7, 11) is 0. The molecule has 0 radical (unpaired) electrons. The number of fused-ring (bicyclic) bond motifs is 10. The summed E-state index contributed by atoms with van der Waals surface area (Å²) in [6.45, 7) is 0. The largest absolute Gasteiger partial charge is 0.455 e. The molecule has 3 aromatic heterocycles. The molecule has 0 bridgehead atoms. The van der Waals surface area contributed by atoms with Gasteiger partial charge in [-0.1, -0.05) is 158 Å². The number of furan rings is 2. The van der Waals surface area contributed by atoms with E-state index in [-0.39, 0.29) is 0 Å². The summed E-state index contributed by atoms with van der Waals surface area (Å²) in [6, 6.07) is 60.3. The van der Waals surface area contributed by atoms with E-state index in [4.69, 9.17) is 23.8 Å². The van der Waals surface area contributed by atoms with Crippen LogP contribution >= 0.6 is 0 Å². The minimum atomic E-state index is 0.570. The second-order valence-corrected chi connectivity index (χ2v) is 13.6. The van der Waals surface area contributed by atoms with Gasteiger partial charge in [-0.3, -0.25) is 0 Å². The van der Waals surface area contributed by atoms with E-state index < -0.39 is 0 Å². The van der Waals surface area contributed by atoms with Gasteiger partial charge in [0.15, 0.2) is 17.5 Å². The van der Waals surface area contributed by atoms with Gasteiger partial charge in [-0.05, 0) is 45.8 Å². The van der Waals surface area contributed by atoms with Crippen molar-refractivity contribution in [2.45, 2.75) is 0 Å². The highest BCUT2D eigenvalue weighted by atomic mass is 16.3. The van der Waals surface area contributed by atoms with Crippen molar-refractivity contribution in [1.82, 2.24) is 15.0 Å².